The molecule has 0 aromatic rings. The minimum absolute atomic E-state index is 0.108. The van der Waals surface area contributed by atoms with Crippen LogP contribution in [0.2, 0.25) is 0 Å². The highest BCUT2D eigenvalue weighted by Crippen LogP contribution is 2.45. The summed E-state index contributed by atoms with van der Waals surface area (Å²) < 4.78 is 68.2. The molecule has 0 amide bonds. The molecule has 0 spiro atoms. The Balaban J connectivity index is 5.23. The van der Waals surface area contributed by atoms with Crippen molar-refractivity contribution in [3.63, 3.8) is 0 Å². The van der Waals surface area contributed by atoms with Gasteiger partial charge in [-0.15, -0.1) is 0 Å². The average Bonchev–Trinajstić information content (AvgIpc) is 3.59. The molecule has 522 valence electrons. The second-order valence-corrected chi connectivity index (χ2v) is 27.8. The maximum absolute atomic E-state index is 13.0. The Labute approximate surface area is 537 Å². The maximum Gasteiger partial charge on any atom is 0.472 e. The fraction of sp³-hybridized carbons (Fsp3) is 0.942. The molecule has 0 heterocycles. The van der Waals surface area contributed by atoms with E-state index in [0.29, 0.717) is 25.7 Å². The van der Waals surface area contributed by atoms with Crippen LogP contribution in [0.1, 0.15) is 362 Å². The van der Waals surface area contributed by atoms with E-state index >= 15 is 0 Å². The summed E-state index contributed by atoms with van der Waals surface area (Å²) in [6.45, 7) is 4.93. The number of hydrogen-bond donors (Lipinski definition) is 3. The number of carbonyl (C=O) groups is 4. The highest BCUT2D eigenvalue weighted by molar-refractivity contribution is 7.47. The summed E-state index contributed by atoms with van der Waals surface area (Å²) in [5.74, 6) is -2.12. The standard InChI is InChI=1S/C69H134O17P2/c1-5-9-13-17-21-25-28-31-33-36-40-44-48-52-56-69(74)86-65(60-80-67(72)54-50-46-42-38-35-32-29-26-22-18-14-10-6-2)62-84-88(77,78)82-58-63(70)57-81-87(75,76)83-61-64(59-79-66(71)53-49-45-41-37-24-20-16-12-8-4)85-68(73)55-51-47-43-39-34-30-27-23-19-15-11-7-3/h63-65,70H,5-62H2,1-4H3,(H,75,76)(H,77,78)/t63-,64+,65+/m0/s1. The summed E-state index contributed by atoms with van der Waals surface area (Å²) in [6, 6.07) is 0. The van der Waals surface area contributed by atoms with Gasteiger partial charge >= 0.3 is 39.5 Å². The fourth-order valence-electron chi connectivity index (χ4n) is 10.5. The number of ether oxygens (including phenoxy) is 4. The topological polar surface area (TPSA) is 237 Å². The van der Waals surface area contributed by atoms with Crippen molar-refractivity contribution >= 4 is 39.5 Å². The van der Waals surface area contributed by atoms with Gasteiger partial charge < -0.3 is 33.8 Å². The largest absolute Gasteiger partial charge is 0.472 e. The zero-order valence-corrected chi connectivity index (χ0v) is 58.5. The third-order valence-corrected chi connectivity index (χ3v) is 18.0. The van der Waals surface area contributed by atoms with Gasteiger partial charge in [0.1, 0.15) is 19.3 Å². The molecule has 0 rings (SSSR count). The molecule has 0 aliphatic rings. The monoisotopic (exact) mass is 1300 g/mol. The molecule has 0 saturated carbocycles. The molecule has 17 nitrogen and oxygen atoms in total. The third kappa shape index (κ3) is 62.8. The first-order chi connectivity index (χ1) is 42.7. The van der Waals surface area contributed by atoms with Crippen LogP contribution in [0.4, 0.5) is 0 Å². The summed E-state index contributed by atoms with van der Waals surface area (Å²) in [6.07, 6.45) is 51.1. The van der Waals surface area contributed by atoms with Gasteiger partial charge in [0.05, 0.1) is 26.4 Å². The third-order valence-electron chi connectivity index (χ3n) is 16.1. The van der Waals surface area contributed by atoms with Crippen LogP contribution in [0.3, 0.4) is 0 Å². The van der Waals surface area contributed by atoms with E-state index in [1.807, 2.05) is 0 Å². The van der Waals surface area contributed by atoms with Crippen molar-refractivity contribution in [2.24, 2.45) is 0 Å². The predicted octanol–water partition coefficient (Wildman–Crippen LogP) is 19.9. The van der Waals surface area contributed by atoms with E-state index < -0.39 is 97.5 Å². The normalized spacial score (nSPS) is 14.0. The minimum atomic E-state index is -4.95. The van der Waals surface area contributed by atoms with Gasteiger partial charge in [0.2, 0.25) is 0 Å². The molecule has 5 atom stereocenters. The fourth-order valence-corrected chi connectivity index (χ4v) is 12.1. The van der Waals surface area contributed by atoms with Gasteiger partial charge in [-0.05, 0) is 25.7 Å². The highest BCUT2D eigenvalue weighted by atomic mass is 31.2. The highest BCUT2D eigenvalue weighted by Gasteiger charge is 2.30. The van der Waals surface area contributed by atoms with Crippen molar-refractivity contribution in [2.45, 2.75) is 380 Å². The summed E-state index contributed by atoms with van der Waals surface area (Å²) in [4.78, 5) is 72.5. The van der Waals surface area contributed by atoms with Gasteiger partial charge in [0.25, 0.3) is 0 Å². The van der Waals surface area contributed by atoms with E-state index in [2.05, 4.69) is 27.7 Å². The predicted molar refractivity (Wildman–Crippen MR) is 354 cm³/mol. The lowest BCUT2D eigenvalue weighted by molar-refractivity contribution is -0.161. The molecular formula is C69H134O17P2. The first kappa shape index (κ1) is 86.1. The van der Waals surface area contributed by atoms with Crippen molar-refractivity contribution in [3.8, 4) is 0 Å². The van der Waals surface area contributed by atoms with Crippen molar-refractivity contribution in [1.29, 1.82) is 0 Å². The molecule has 3 N–H and O–H groups in total. The number of unbranched alkanes of at least 4 members (excludes halogenated alkanes) is 44. The number of rotatable bonds is 70. The molecule has 0 aromatic heterocycles. The van der Waals surface area contributed by atoms with Crippen LogP contribution in [0.15, 0.2) is 0 Å². The number of esters is 4. The molecule has 0 fully saturated rings. The summed E-state index contributed by atoms with van der Waals surface area (Å²) in [5, 5.41) is 10.6. The molecule has 0 aliphatic carbocycles. The summed E-state index contributed by atoms with van der Waals surface area (Å²) in [5.41, 5.74) is 0. The first-order valence-corrected chi connectivity index (χ1v) is 39.3. The number of phosphoric acid groups is 2. The number of carbonyl (C=O) groups excluding carboxylic acids is 4. The van der Waals surface area contributed by atoms with Crippen LogP contribution in [0, 0.1) is 0 Å². The van der Waals surface area contributed by atoms with E-state index in [-0.39, 0.29) is 25.7 Å². The van der Waals surface area contributed by atoms with Crippen LogP contribution in [-0.4, -0.2) is 96.7 Å². The Kier molecular flexibility index (Phi) is 62.4. The molecule has 0 aliphatic heterocycles. The zero-order chi connectivity index (χ0) is 64.7. The van der Waals surface area contributed by atoms with Gasteiger partial charge in [-0.2, -0.15) is 0 Å². The Morgan fingerprint density at radius 3 is 0.670 bits per heavy atom. The SMILES string of the molecule is CCCCCCCCCCCCCCCCC(=O)O[C@H](COC(=O)CCCCCCCCCCCCCCC)COP(=O)(O)OC[C@@H](O)COP(=O)(O)OC[C@@H](COC(=O)CCCCCCCCCCC)OC(=O)CCCCCCCCCCCCCC. The van der Waals surface area contributed by atoms with Gasteiger partial charge in [-0.25, -0.2) is 9.13 Å². The lowest BCUT2D eigenvalue weighted by Gasteiger charge is -2.21. The Morgan fingerprint density at radius 2 is 0.455 bits per heavy atom. The van der Waals surface area contributed by atoms with Gasteiger partial charge in [0, 0.05) is 25.7 Å². The number of hydrogen-bond acceptors (Lipinski definition) is 15. The van der Waals surface area contributed by atoms with E-state index in [1.165, 1.54) is 193 Å². The molecule has 2 unspecified atom stereocenters. The van der Waals surface area contributed by atoms with Crippen molar-refractivity contribution in [2.75, 3.05) is 39.6 Å². The van der Waals surface area contributed by atoms with E-state index in [9.17, 15) is 43.2 Å². The Hall–Kier alpha value is -1.94. The van der Waals surface area contributed by atoms with E-state index in [1.54, 1.807) is 0 Å². The zero-order valence-electron chi connectivity index (χ0n) is 56.7. The number of aliphatic hydroxyl groups is 1. The van der Waals surface area contributed by atoms with E-state index in [0.717, 1.165) is 89.9 Å². The lowest BCUT2D eigenvalue weighted by atomic mass is 10.0. The maximum atomic E-state index is 13.0. The first-order valence-electron chi connectivity index (χ1n) is 36.3. The second-order valence-electron chi connectivity index (χ2n) is 24.9. The summed E-state index contributed by atoms with van der Waals surface area (Å²) >= 11 is 0. The van der Waals surface area contributed by atoms with Crippen molar-refractivity contribution in [3.05, 3.63) is 0 Å². The Bertz CT molecular complexity index is 1690. The smallest absolute Gasteiger partial charge is 0.462 e. The van der Waals surface area contributed by atoms with Gasteiger partial charge in [-0.1, -0.05) is 310 Å². The number of phosphoric ester groups is 2. The molecule has 88 heavy (non-hydrogen) atoms. The molecule has 19 heteroatoms. The van der Waals surface area contributed by atoms with Crippen LogP contribution >= 0.6 is 15.6 Å². The van der Waals surface area contributed by atoms with Crippen molar-refractivity contribution in [1.82, 2.24) is 0 Å². The Morgan fingerprint density at radius 1 is 0.273 bits per heavy atom. The molecule has 0 radical (unpaired) electrons. The minimum Gasteiger partial charge on any atom is -0.462 e. The number of aliphatic hydroxyl groups excluding tert-OH is 1. The lowest BCUT2D eigenvalue weighted by Crippen LogP contribution is -2.30. The van der Waals surface area contributed by atoms with Crippen LogP contribution in [0.5, 0.6) is 0 Å². The molecular weight excluding hydrogens is 1160 g/mol. The van der Waals surface area contributed by atoms with Gasteiger partial charge in [-0.3, -0.25) is 37.3 Å². The molecule has 0 saturated heterocycles. The quantitative estimate of drug-likeness (QED) is 0.0222. The van der Waals surface area contributed by atoms with E-state index in [4.69, 9.17) is 37.0 Å². The van der Waals surface area contributed by atoms with Crippen LogP contribution in [0.25, 0.3) is 0 Å². The van der Waals surface area contributed by atoms with Crippen LogP contribution in [-0.2, 0) is 65.4 Å². The average molecular weight is 1300 g/mol. The van der Waals surface area contributed by atoms with Crippen molar-refractivity contribution < 1.29 is 80.2 Å². The van der Waals surface area contributed by atoms with Crippen LogP contribution < -0.4 is 0 Å². The summed E-state index contributed by atoms with van der Waals surface area (Å²) in [7, 11) is -9.89. The van der Waals surface area contributed by atoms with Gasteiger partial charge in [0.15, 0.2) is 12.2 Å². The molecule has 0 aromatic carbocycles. The molecule has 0 bridgehead atoms. The second kappa shape index (κ2) is 63.8.